The van der Waals surface area contributed by atoms with Crippen LogP contribution in [-0.4, -0.2) is 49.9 Å². The predicted octanol–water partition coefficient (Wildman–Crippen LogP) is 11.1. The molecule has 0 aliphatic rings. The third-order valence-corrected chi connectivity index (χ3v) is 9.01. The van der Waals surface area contributed by atoms with Gasteiger partial charge in [-0.05, 0) is 70.6 Å². The molecule has 0 rings (SSSR count). The Morgan fingerprint density at radius 2 is 1.10 bits per heavy atom. The van der Waals surface area contributed by atoms with Crippen molar-refractivity contribution in [3.8, 4) is 0 Å². The molecule has 0 saturated heterocycles. The number of unbranched alkanes of at least 4 members (excludes halogenated alkanes) is 18. The fourth-order valence-electron chi connectivity index (χ4n) is 5.14. The average molecular weight is 700 g/mol. The standard InChI is InChI=1S/C39H74NO7P/c1-3-5-7-9-11-13-15-17-18-19-20-22-24-26-28-30-32-39(41)47-38(37-46-48(42,43)45-35-33-40)36-44-34-31-29-27-25-23-21-16-14-12-10-8-6-4-2/h12-15,18-19,38H,3-11,16-17,20-37,40H2,1-2H3,(H,42,43)/b14-12-,15-13-,19-18-. The summed E-state index contributed by atoms with van der Waals surface area (Å²) in [6.45, 7) is 4.84. The number of hydrogen-bond donors (Lipinski definition) is 2. The second kappa shape index (κ2) is 37.0. The van der Waals surface area contributed by atoms with Crippen molar-refractivity contribution in [3.63, 3.8) is 0 Å². The van der Waals surface area contributed by atoms with Gasteiger partial charge in [0.05, 0.1) is 19.8 Å². The van der Waals surface area contributed by atoms with Crippen molar-refractivity contribution in [2.45, 2.75) is 174 Å². The van der Waals surface area contributed by atoms with Crippen LogP contribution in [0.1, 0.15) is 168 Å². The summed E-state index contributed by atoms with van der Waals surface area (Å²) in [5.41, 5.74) is 5.35. The van der Waals surface area contributed by atoms with Crippen molar-refractivity contribution in [2.24, 2.45) is 5.73 Å². The minimum absolute atomic E-state index is 0.0964. The van der Waals surface area contributed by atoms with Crippen LogP contribution < -0.4 is 5.73 Å². The maximum atomic E-state index is 12.5. The van der Waals surface area contributed by atoms with E-state index in [9.17, 15) is 14.3 Å². The molecule has 0 aliphatic carbocycles. The number of esters is 1. The minimum Gasteiger partial charge on any atom is -0.457 e. The van der Waals surface area contributed by atoms with E-state index < -0.39 is 13.9 Å². The van der Waals surface area contributed by atoms with Crippen molar-refractivity contribution in [3.05, 3.63) is 36.5 Å². The third kappa shape index (κ3) is 36.0. The Morgan fingerprint density at radius 1 is 0.625 bits per heavy atom. The quantitative estimate of drug-likeness (QED) is 0.0285. The molecule has 0 fully saturated rings. The van der Waals surface area contributed by atoms with Crippen molar-refractivity contribution in [2.75, 3.05) is 33.0 Å². The van der Waals surface area contributed by atoms with Crippen LogP contribution in [0.3, 0.4) is 0 Å². The molecule has 0 saturated carbocycles. The van der Waals surface area contributed by atoms with Gasteiger partial charge in [-0.3, -0.25) is 13.8 Å². The smallest absolute Gasteiger partial charge is 0.457 e. The highest BCUT2D eigenvalue weighted by Crippen LogP contribution is 2.43. The van der Waals surface area contributed by atoms with Crippen molar-refractivity contribution >= 4 is 13.8 Å². The molecule has 48 heavy (non-hydrogen) atoms. The van der Waals surface area contributed by atoms with Gasteiger partial charge in [-0.1, -0.05) is 127 Å². The van der Waals surface area contributed by atoms with Crippen LogP contribution in [0.5, 0.6) is 0 Å². The number of rotatable bonds is 37. The maximum Gasteiger partial charge on any atom is 0.472 e. The normalized spacial score (nSPS) is 14.0. The molecule has 2 unspecified atom stereocenters. The second-order valence-corrected chi connectivity index (χ2v) is 14.2. The highest BCUT2D eigenvalue weighted by molar-refractivity contribution is 7.47. The van der Waals surface area contributed by atoms with Crippen molar-refractivity contribution in [1.82, 2.24) is 0 Å². The van der Waals surface area contributed by atoms with Gasteiger partial charge in [-0.25, -0.2) is 4.57 Å². The van der Waals surface area contributed by atoms with Gasteiger partial charge in [0.25, 0.3) is 0 Å². The topological polar surface area (TPSA) is 117 Å². The van der Waals surface area contributed by atoms with Crippen molar-refractivity contribution in [1.29, 1.82) is 0 Å². The van der Waals surface area contributed by atoms with Crippen LogP contribution in [0.2, 0.25) is 0 Å². The number of ether oxygens (including phenoxy) is 2. The summed E-state index contributed by atoms with van der Waals surface area (Å²) in [6, 6.07) is 0. The Bertz CT molecular complexity index is 833. The van der Waals surface area contributed by atoms with Crippen LogP contribution in [0.4, 0.5) is 0 Å². The first-order valence-corrected chi connectivity index (χ1v) is 21.0. The Balaban J connectivity index is 4.12. The largest absolute Gasteiger partial charge is 0.472 e. The lowest BCUT2D eigenvalue weighted by atomic mass is 10.1. The Kier molecular flexibility index (Phi) is 36.0. The summed E-state index contributed by atoms with van der Waals surface area (Å²) in [7, 11) is -4.27. The number of carbonyl (C=O) groups excluding carboxylic acids is 1. The molecule has 0 spiro atoms. The molecule has 0 radical (unpaired) electrons. The van der Waals surface area contributed by atoms with E-state index in [0.717, 1.165) is 57.8 Å². The van der Waals surface area contributed by atoms with Crippen molar-refractivity contribution < 1.29 is 32.8 Å². The van der Waals surface area contributed by atoms with E-state index in [1.165, 1.54) is 89.9 Å². The molecule has 0 aromatic rings. The first-order chi connectivity index (χ1) is 23.4. The van der Waals surface area contributed by atoms with Crippen LogP contribution in [0, 0.1) is 0 Å². The molecule has 0 amide bonds. The molecule has 0 bridgehead atoms. The Morgan fingerprint density at radius 3 is 1.69 bits per heavy atom. The lowest BCUT2D eigenvalue weighted by Crippen LogP contribution is -2.28. The fourth-order valence-corrected chi connectivity index (χ4v) is 5.90. The van der Waals surface area contributed by atoms with Crippen LogP contribution in [0.25, 0.3) is 0 Å². The summed E-state index contributed by atoms with van der Waals surface area (Å²) in [5.74, 6) is -0.347. The summed E-state index contributed by atoms with van der Waals surface area (Å²) >= 11 is 0. The van der Waals surface area contributed by atoms with Crippen LogP contribution >= 0.6 is 7.82 Å². The second-order valence-electron chi connectivity index (χ2n) is 12.8. The highest BCUT2D eigenvalue weighted by Gasteiger charge is 2.25. The average Bonchev–Trinajstić information content (AvgIpc) is 3.07. The zero-order chi connectivity index (χ0) is 35.2. The van der Waals surface area contributed by atoms with E-state index in [2.05, 4.69) is 50.3 Å². The van der Waals surface area contributed by atoms with E-state index >= 15 is 0 Å². The van der Waals surface area contributed by atoms with E-state index in [1.807, 2.05) is 0 Å². The first-order valence-electron chi connectivity index (χ1n) is 19.5. The van der Waals surface area contributed by atoms with Gasteiger partial charge in [0.1, 0.15) is 6.10 Å². The zero-order valence-electron chi connectivity index (χ0n) is 31.0. The summed E-state index contributed by atoms with van der Waals surface area (Å²) in [6.07, 6.45) is 40.1. The number of allylic oxidation sites excluding steroid dienone is 6. The van der Waals surface area contributed by atoms with Crippen LogP contribution in [-0.2, 0) is 27.9 Å². The molecule has 0 aromatic carbocycles. The summed E-state index contributed by atoms with van der Waals surface area (Å²) < 4.78 is 33.3. The van der Waals surface area contributed by atoms with Gasteiger partial charge in [0, 0.05) is 19.6 Å². The monoisotopic (exact) mass is 700 g/mol. The molecule has 282 valence electrons. The summed E-state index contributed by atoms with van der Waals surface area (Å²) in [4.78, 5) is 22.4. The fraction of sp³-hybridized carbons (Fsp3) is 0.821. The van der Waals surface area contributed by atoms with Gasteiger partial charge in [-0.2, -0.15) is 0 Å². The molecule has 0 aliphatic heterocycles. The number of hydrogen-bond acceptors (Lipinski definition) is 7. The highest BCUT2D eigenvalue weighted by atomic mass is 31.2. The molecular formula is C39H74NO7P. The number of carbonyl (C=O) groups is 1. The zero-order valence-corrected chi connectivity index (χ0v) is 31.9. The molecule has 0 aromatic heterocycles. The van der Waals surface area contributed by atoms with Gasteiger partial charge in [0.15, 0.2) is 0 Å². The number of phosphoric acid groups is 1. The molecule has 9 heteroatoms. The van der Waals surface area contributed by atoms with E-state index in [1.54, 1.807) is 0 Å². The van der Waals surface area contributed by atoms with Gasteiger partial charge in [-0.15, -0.1) is 0 Å². The van der Waals surface area contributed by atoms with E-state index in [4.69, 9.17) is 24.3 Å². The third-order valence-electron chi connectivity index (χ3n) is 8.03. The molecule has 3 N–H and O–H groups in total. The lowest BCUT2D eigenvalue weighted by molar-refractivity contribution is -0.154. The number of phosphoric ester groups is 1. The lowest BCUT2D eigenvalue weighted by Gasteiger charge is -2.20. The SMILES string of the molecule is CCCCC/C=C\CCCCCCCCOCC(COP(=O)(O)OCCN)OC(=O)CCCCCCC/C=C\C/C=C\CCCCCC. The molecule has 8 nitrogen and oxygen atoms in total. The first kappa shape index (κ1) is 46.7. The van der Waals surface area contributed by atoms with Gasteiger partial charge in [0.2, 0.25) is 0 Å². The van der Waals surface area contributed by atoms with E-state index in [0.29, 0.717) is 13.0 Å². The summed E-state index contributed by atoms with van der Waals surface area (Å²) in [5, 5.41) is 0. The van der Waals surface area contributed by atoms with Crippen LogP contribution in [0.15, 0.2) is 36.5 Å². The number of nitrogens with two attached hydrogens (primary N) is 1. The molecule has 2 atom stereocenters. The minimum atomic E-state index is -4.27. The predicted molar refractivity (Wildman–Crippen MR) is 201 cm³/mol. The molecular weight excluding hydrogens is 625 g/mol. The van der Waals surface area contributed by atoms with Gasteiger partial charge >= 0.3 is 13.8 Å². The van der Waals surface area contributed by atoms with E-state index in [-0.39, 0.29) is 32.3 Å². The Labute approximate surface area is 295 Å². The van der Waals surface area contributed by atoms with Gasteiger partial charge < -0.3 is 20.1 Å². The molecule has 0 heterocycles. The Hall–Kier alpha value is -1.28. The maximum absolute atomic E-state index is 12.5.